The third-order valence-corrected chi connectivity index (χ3v) is 7.62. The van der Waals surface area contributed by atoms with Crippen molar-refractivity contribution in [1.82, 2.24) is 20.9 Å². The standard InChI is InChI=1S/C32H33Cl2N5O5/c33-22-9-5-19(6-10-22)13-26(35)30(42)38-28(14-20-7-11-23(34)12-8-20)32(44)39-29(31(43)37-24(17-40)18-41)15-21-16-36-27-4-2-1-3-25(21)27/h1-12,16-17,24,26,28-29,36,41H,13-15,18,35H2,(H,37,43)(H,38,42)(H,39,44)/t24-,26+,28+,29-/m1/s1. The molecule has 1 heterocycles. The molecule has 0 aliphatic heterocycles. The number of rotatable bonds is 14. The predicted molar refractivity (Wildman–Crippen MR) is 169 cm³/mol. The van der Waals surface area contributed by atoms with Gasteiger partial charge in [-0.05, 0) is 53.4 Å². The summed E-state index contributed by atoms with van der Waals surface area (Å²) in [6.07, 6.45) is 2.50. The zero-order chi connectivity index (χ0) is 31.6. The number of aromatic amines is 1. The number of aliphatic hydroxyl groups is 1. The number of benzene rings is 3. The Balaban J connectivity index is 1.57. The van der Waals surface area contributed by atoms with Crippen LogP contribution in [0.1, 0.15) is 16.7 Å². The molecule has 3 aromatic carbocycles. The number of hydrogen-bond acceptors (Lipinski definition) is 6. The van der Waals surface area contributed by atoms with Gasteiger partial charge in [-0.25, -0.2) is 0 Å². The average Bonchev–Trinajstić information content (AvgIpc) is 3.43. The lowest BCUT2D eigenvalue weighted by Gasteiger charge is -2.25. The lowest BCUT2D eigenvalue weighted by molar-refractivity contribution is -0.133. The summed E-state index contributed by atoms with van der Waals surface area (Å²) in [5, 5.41) is 19.3. The summed E-state index contributed by atoms with van der Waals surface area (Å²) in [5.41, 5.74) is 9.30. The van der Waals surface area contributed by atoms with Gasteiger partial charge >= 0.3 is 0 Å². The summed E-state index contributed by atoms with van der Waals surface area (Å²) in [6.45, 7) is -0.607. The molecule has 0 unspecified atom stereocenters. The number of hydrogen-bond donors (Lipinski definition) is 6. The van der Waals surface area contributed by atoms with E-state index in [1.165, 1.54) is 0 Å². The maximum Gasteiger partial charge on any atom is 0.243 e. The van der Waals surface area contributed by atoms with Crippen LogP contribution >= 0.6 is 23.2 Å². The Morgan fingerprint density at radius 3 is 1.93 bits per heavy atom. The number of amides is 3. The van der Waals surface area contributed by atoms with E-state index < -0.39 is 48.5 Å². The van der Waals surface area contributed by atoms with Crippen LogP contribution in [0.25, 0.3) is 10.9 Å². The fourth-order valence-electron chi connectivity index (χ4n) is 4.72. The monoisotopic (exact) mass is 637 g/mol. The minimum Gasteiger partial charge on any atom is -0.394 e. The highest BCUT2D eigenvalue weighted by atomic mass is 35.5. The van der Waals surface area contributed by atoms with Gasteiger partial charge in [0.1, 0.15) is 24.4 Å². The highest BCUT2D eigenvalue weighted by molar-refractivity contribution is 6.30. The fourth-order valence-corrected chi connectivity index (χ4v) is 4.97. The van der Waals surface area contributed by atoms with Crippen LogP contribution in [0.2, 0.25) is 10.0 Å². The first-order valence-electron chi connectivity index (χ1n) is 13.9. The Kier molecular flexibility index (Phi) is 11.5. The van der Waals surface area contributed by atoms with Gasteiger partial charge in [0.25, 0.3) is 0 Å². The van der Waals surface area contributed by atoms with Crippen LogP contribution in [-0.2, 0) is 38.4 Å². The van der Waals surface area contributed by atoms with Crippen molar-refractivity contribution in [1.29, 1.82) is 0 Å². The molecule has 4 rings (SSSR count). The number of carbonyl (C=O) groups excluding carboxylic acids is 4. The van der Waals surface area contributed by atoms with Crippen LogP contribution in [0.3, 0.4) is 0 Å². The van der Waals surface area contributed by atoms with Crippen LogP contribution in [0.4, 0.5) is 0 Å². The molecule has 4 atom stereocenters. The van der Waals surface area contributed by atoms with E-state index in [1.807, 2.05) is 24.3 Å². The first-order valence-corrected chi connectivity index (χ1v) is 14.7. The number of halogens is 2. The van der Waals surface area contributed by atoms with Crippen molar-refractivity contribution in [3.63, 3.8) is 0 Å². The van der Waals surface area contributed by atoms with Crippen molar-refractivity contribution in [2.75, 3.05) is 6.61 Å². The van der Waals surface area contributed by atoms with E-state index in [0.29, 0.717) is 21.9 Å². The predicted octanol–water partition coefficient (Wildman–Crippen LogP) is 2.48. The highest BCUT2D eigenvalue weighted by Crippen LogP contribution is 2.20. The molecule has 3 amide bonds. The minimum absolute atomic E-state index is 0.0658. The average molecular weight is 639 g/mol. The molecule has 44 heavy (non-hydrogen) atoms. The minimum atomic E-state index is -1.15. The molecule has 0 fully saturated rings. The molecule has 7 N–H and O–H groups in total. The van der Waals surface area contributed by atoms with Gasteiger partial charge in [0, 0.05) is 40.0 Å². The largest absolute Gasteiger partial charge is 0.394 e. The number of aldehydes is 1. The van der Waals surface area contributed by atoms with Gasteiger partial charge in [-0.2, -0.15) is 0 Å². The fraction of sp³-hybridized carbons (Fsp3) is 0.250. The number of aromatic nitrogens is 1. The van der Waals surface area contributed by atoms with Crippen molar-refractivity contribution in [2.45, 2.75) is 43.4 Å². The van der Waals surface area contributed by atoms with Gasteiger partial charge in [-0.1, -0.05) is 65.7 Å². The maximum atomic E-state index is 13.8. The van der Waals surface area contributed by atoms with Gasteiger partial charge in [0.15, 0.2) is 0 Å². The SMILES string of the molecule is N[C@@H](Cc1ccc(Cl)cc1)C(=O)N[C@@H](Cc1ccc(Cl)cc1)C(=O)N[C@H](Cc1c[nH]c2ccccc12)C(=O)N[C@H](C=O)CO. The van der Waals surface area contributed by atoms with E-state index in [0.717, 1.165) is 22.0 Å². The number of nitrogens with two attached hydrogens (primary N) is 1. The number of aliphatic hydroxyl groups excluding tert-OH is 1. The van der Waals surface area contributed by atoms with Gasteiger partial charge in [-0.15, -0.1) is 0 Å². The molecule has 4 aromatic rings. The Morgan fingerprint density at radius 1 is 0.773 bits per heavy atom. The van der Waals surface area contributed by atoms with Crippen molar-refractivity contribution in [3.8, 4) is 0 Å². The normalized spacial score (nSPS) is 13.8. The van der Waals surface area contributed by atoms with Crippen LogP contribution in [-0.4, -0.2) is 64.9 Å². The first kappa shape index (κ1) is 32.7. The summed E-state index contributed by atoms with van der Waals surface area (Å²) < 4.78 is 0. The molecule has 0 aliphatic rings. The second-order valence-electron chi connectivity index (χ2n) is 10.4. The van der Waals surface area contributed by atoms with Gasteiger partial charge in [-0.3, -0.25) is 14.4 Å². The third kappa shape index (κ3) is 8.90. The summed E-state index contributed by atoms with van der Waals surface area (Å²) in [5.74, 6) is -1.88. The maximum absolute atomic E-state index is 13.8. The van der Waals surface area contributed by atoms with Gasteiger partial charge < -0.3 is 36.6 Å². The number of H-pyrrole nitrogens is 1. The van der Waals surface area contributed by atoms with E-state index >= 15 is 0 Å². The van der Waals surface area contributed by atoms with E-state index in [4.69, 9.17) is 28.9 Å². The first-order chi connectivity index (χ1) is 21.2. The molecule has 0 radical (unpaired) electrons. The molecule has 0 spiro atoms. The van der Waals surface area contributed by atoms with Crippen LogP contribution in [0.5, 0.6) is 0 Å². The Labute approximate surface area is 264 Å². The smallest absolute Gasteiger partial charge is 0.243 e. The van der Waals surface area contributed by atoms with Gasteiger partial charge in [0.2, 0.25) is 17.7 Å². The van der Waals surface area contributed by atoms with E-state index in [9.17, 15) is 24.3 Å². The molecule has 230 valence electrons. The number of para-hydroxylation sites is 1. The molecule has 0 aliphatic carbocycles. The van der Waals surface area contributed by atoms with Crippen LogP contribution < -0.4 is 21.7 Å². The number of nitrogens with one attached hydrogen (secondary N) is 4. The van der Waals surface area contributed by atoms with E-state index in [-0.39, 0.29) is 19.3 Å². The van der Waals surface area contributed by atoms with E-state index in [1.54, 1.807) is 54.7 Å². The number of fused-ring (bicyclic) bond motifs is 1. The zero-order valence-corrected chi connectivity index (χ0v) is 25.1. The second-order valence-corrected chi connectivity index (χ2v) is 11.3. The zero-order valence-electron chi connectivity index (χ0n) is 23.6. The van der Waals surface area contributed by atoms with Crippen molar-refractivity contribution in [3.05, 3.63) is 106 Å². The van der Waals surface area contributed by atoms with Crippen LogP contribution in [0, 0.1) is 0 Å². The quantitative estimate of drug-likeness (QED) is 0.116. The molecule has 0 bridgehead atoms. The Bertz CT molecular complexity index is 1590. The third-order valence-electron chi connectivity index (χ3n) is 7.11. The number of carbonyl (C=O) groups is 4. The van der Waals surface area contributed by atoms with Gasteiger partial charge in [0.05, 0.1) is 12.6 Å². The highest BCUT2D eigenvalue weighted by Gasteiger charge is 2.30. The Hall–Kier alpha value is -4.22. The molecule has 1 aromatic heterocycles. The van der Waals surface area contributed by atoms with Crippen molar-refractivity contribution in [2.24, 2.45) is 5.73 Å². The summed E-state index contributed by atoms with van der Waals surface area (Å²) >= 11 is 12.0. The molecule has 10 nitrogen and oxygen atoms in total. The van der Waals surface area contributed by atoms with Crippen LogP contribution in [0.15, 0.2) is 79.0 Å². The van der Waals surface area contributed by atoms with E-state index in [2.05, 4.69) is 20.9 Å². The van der Waals surface area contributed by atoms with Crippen molar-refractivity contribution >= 4 is 58.1 Å². The summed E-state index contributed by atoms with van der Waals surface area (Å²) in [7, 11) is 0. The Morgan fingerprint density at radius 2 is 1.32 bits per heavy atom. The topological polar surface area (TPSA) is 166 Å². The molecule has 0 saturated carbocycles. The van der Waals surface area contributed by atoms with Crippen molar-refractivity contribution < 1.29 is 24.3 Å². The molecular weight excluding hydrogens is 605 g/mol. The second kappa shape index (κ2) is 15.5. The molecule has 12 heteroatoms. The summed E-state index contributed by atoms with van der Waals surface area (Å²) in [6, 6.07) is 16.8. The molecular formula is C32H33Cl2N5O5. The molecule has 0 saturated heterocycles. The lowest BCUT2D eigenvalue weighted by atomic mass is 10.0. The lowest BCUT2D eigenvalue weighted by Crippen LogP contribution is -2.58. The summed E-state index contributed by atoms with van der Waals surface area (Å²) in [4.78, 5) is 54.8.